The van der Waals surface area contributed by atoms with E-state index in [2.05, 4.69) is 5.32 Å². The summed E-state index contributed by atoms with van der Waals surface area (Å²) in [5.74, 6) is 1.72. The van der Waals surface area contributed by atoms with Gasteiger partial charge in [0.2, 0.25) is 5.91 Å². The van der Waals surface area contributed by atoms with E-state index in [1.807, 2.05) is 31.2 Å². The highest BCUT2D eigenvalue weighted by Crippen LogP contribution is 2.34. The number of hydrogen-bond donors (Lipinski definition) is 1. The van der Waals surface area contributed by atoms with Crippen molar-refractivity contribution in [3.63, 3.8) is 0 Å². The summed E-state index contributed by atoms with van der Waals surface area (Å²) in [7, 11) is 0. The predicted molar refractivity (Wildman–Crippen MR) is 101 cm³/mol. The van der Waals surface area contributed by atoms with Gasteiger partial charge in [-0.25, -0.2) is 0 Å². The molecular formula is C18H17Cl2NO3S. The van der Waals surface area contributed by atoms with Crippen molar-refractivity contribution in [1.29, 1.82) is 0 Å². The van der Waals surface area contributed by atoms with Crippen LogP contribution < -0.4 is 14.8 Å². The highest BCUT2D eigenvalue weighted by atomic mass is 35.5. The molecule has 2 aromatic carbocycles. The summed E-state index contributed by atoms with van der Waals surface area (Å²) in [6.07, 6.45) is 0. The minimum atomic E-state index is -0.150. The predicted octanol–water partition coefficient (Wildman–Crippen LogP) is 4.73. The van der Waals surface area contributed by atoms with Crippen LogP contribution in [0.1, 0.15) is 18.5 Å². The summed E-state index contributed by atoms with van der Waals surface area (Å²) in [6, 6.07) is 10.9. The molecule has 0 saturated carbocycles. The second kappa shape index (κ2) is 8.21. The normalized spacial score (nSPS) is 14.0. The molecule has 0 fully saturated rings. The van der Waals surface area contributed by atoms with Gasteiger partial charge in [-0.1, -0.05) is 29.3 Å². The van der Waals surface area contributed by atoms with Gasteiger partial charge in [-0.2, -0.15) is 0 Å². The van der Waals surface area contributed by atoms with Crippen LogP contribution in [-0.2, 0) is 4.79 Å². The molecule has 1 aliphatic rings. The molecule has 7 heteroatoms. The van der Waals surface area contributed by atoms with Gasteiger partial charge in [0.15, 0.2) is 11.5 Å². The molecule has 0 unspecified atom stereocenters. The molecule has 0 spiro atoms. The minimum Gasteiger partial charge on any atom is -0.486 e. The molecule has 0 radical (unpaired) electrons. The summed E-state index contributed by atoms with van der Waals surface area (Å²) in [5, 5.41) is 3.93. The van der Waals surface area contributed by atoms with Crippen LogP contribution >= 0.6 is 35.0 Å². The summed E-state index contributed by atoms with van der Waals surface area (Å²) >= 11 is 13.4. The third-order valence-corrected chi connectivity index (χ3v) is 5.44. The van der Waals surface area contributed by atoms with E-state index in [4.69, 9.17) is 32.7 Å². The van der Waals surface area contributed by atoms with Crippen molar-refractivity contribution in [1.82, 2.24) is 5.32 Å². The fourth-order valence-electron chi connectivity index (χ4n) is 2.41. The van der Waals surface area contributed by atoms with Crippen LogP contribution in [0.15, 0.2) is 41.3 Å². The number of fused-ring (bicyclic) bond motifs is 1. The van der Waals surface area contributed by atoms with Gasteiger partial charge in [-0.15, -0.1) is 11.8 Å². The highest BCUT2D eigenvalue weighted by molar-refractivity contribution is 8.00. The zero-order valence-corrected chi connectivity index (χ0v) is 15.9. The van der Waals surface area contributed by atoms with Crippen LogP contribution in [0.2, 0.25) is 10.0 Å². The Morgan fingerprint density at radius 3 is 2.64 bits per heavy atom. The van der Waals surface area contributed by atoms with E-state index in [9.17, 15) is 4.79 Å². The fourth-order valence-corrected chi connectivity index (χ4v) is 3.45. The Morgan fingerprint density at radius 1 is 1.12 bits per heavy atom. The van der Waals surface area contributed by atoms with Crippen molar-refractivity contribution in [2.24, 2.45) is 0 Å². The Balaban J connectivity index is 1.54. The molecule has 25 heavy (non-hydrogen) atoms. The SMILES string of the molecule is C[C@@H](NC(=O)CSc1ccc2c(c1)OCCO2)c1ccc(Cl)c(Cl)c1. The molecular weight excluding hydrogens is 381 g/mol. The lowest BCUT2D eigenvalue weighted by atomic mass is 10.1. The molecule has 0 saturated heterocycles. The molecule has 1 N–H and O–H groups in total. The monoisotopic (exact) mass is 397 g/mol. The topological polar surface area (TPSA) is 47.6 Å². The quantitative estimate of drug-likeness (QED) is 0.740. The number of nitrogens with one attached hydrogen (secondary N) is 1. The molecule has 2 aromatic rings. The maximum absolute atomic E-state index is 12.2. The molecule has 4 nitrogen and oxygen atoms in total. The maximum Gasteiger partial charge on any atom is 0.230 e. The van der Waals surface area contributed by atoms with E-state index < -0.39 is 0 Å². The summed E-state index contributed by atoms with van der Waals surface area (Å²) < 4.78 is 11.0. The van der Waals surface area contributed by atoms with E-state index in [1.165, 1.54) is 11.8 Å². The van der Waals surface area contributed by atoms with Gasteiger partial charge < -0.3 is 14.8 Å². The first-order valence-corrected chi connectivity index (χ1v) is 9.54. The molecule has 1 amide bonds. The van der Waals surface area contributed by atoms with Crippen molar-refractivity contribution in [2.45, 2.75) is 17.9 Å². The molecule has 0 aromatic heterocycles. The molecule has 3 rings (SSSR count). The highest BCUT2D eigenvalue weighted by Gasteiger charge is 2.14. The number of thioether (sulfide) groups is 1. The second-order valence-electron chi connectivity index (χ2n) is 5.56. The standard InChI is InChI=1S/C18H17Cl2NO3S/c1-11(12-2-4-14(19)15(20)8-12)21-18(22)10-25-13-3-5-16-17(9-13)24-7-6-23-16/h2-5,8-9,11H,6-7,10H2,1H3,(H,21,22)/t11-/m1/s1. The largest absolute Gasteiger partial charge is 0.486 e. The number of ether oxygens (including phenoxy) is 2. The molecule has 132 valence electrons. The molecule has 0 bridgehead atoms. The third-order valence-electron chi connectivity index (χ3n) is 3.70. The Labute approximate surface area is 160 Å². The molecule has 1 aliphatic heterocycles. The lowest BCUT2D eigenvalue weighted by Crippen LogP contribution is -2.28. The number of carbonyl (C=O) groups excluding carboxylic acids is 1. The number of hydrogen-bond acceptors (Lipinski definition) is 4. The zero-order valence-electron chi connectivity index (χ0n) is 13.6. The van der Waals surface area contributed by atoms with E-state index in [1.54, 1.807) is 12.1 Å². The number of benzene rings is 2. The average molecular weight is 398 g/mol. The van der Waals surface area contributed by atoms with E-state index in [0.29, 0.717) is 29.0 Å². The fraction of sp³-hybridized carbons (Fsp3) is 0.278. The first-order valence-electron chi connectivity index (χ1n) is 7.79. The smallest absolute Gasteiger partial charge is 0.230 e. The van der Waals surface area contributed by atoms with Gasteiger partial charge in [0, 0.05) is 4.90 Å². The summed E-state index contributed by atoms with van der Waals surface area (Å²) in [6.45, 7) is 3.02. The van der Waals surface area contributed by atoms with Crippen LogP contribution in [0.4, 0.5) is 0 Å². The lowest BCUT2D eigenvalue weighted by Gasteiger charge is -2.19. The Kier molecular flexibility index (Phi) is 5.99. The van der Waals surface area contributed by atoms with Crippen LogP contribution in [-0.4, -0.2) is 24.9 Å². The second-order valence-corrected chi connectivity index (χ2v) is 7.42. The van der Waals surface area contributed by atoms with Crippen molar-refractivity contribution in [3.05, 3.63) is 52.0 Å². The lowest BCUT2D eigenvalue weighted by molar-refractivity contribution is -0.119. The summed E-state index contributed by atoms with van der Waals surface area (Å²) in [4.78, 5) is 13.2. The van der Waals surface area contributed by atoms with Crippen molar-refractivity contribution in [3.8, 4) is 11.5 Å². The maximum atomic E-state index is 12.2. The molecule has 0 aliphatic carbocycles. The van der Waals surface area contributed by atoms with Gasteiger partial charge >= 0.3 is 0 Å². The molecule has 1 atom stereocenters. The van der Waals surface area contributed by atoms with Crippen molar-refractivity contribution >= 4 is 40.9 Å². The van der Waals surface area contributed by atoms with Gasteiger partial charge in [0.25, 0.3) is 0 Å². The number of carbonyl (C=O) groups is 1. The van der Waals surface area contributed by atoms with Crippen LogP contribution in [0.5, 0.6) is 11.5 Å². The number of halogens is 2. The zero-order chi connectivity index (χ0) is 17.8. The molecule has 1 heterocycles. The van der Waals surface area contributed by atoms with E-state index in [0.717, 1.165) is 22.0 Å². The van der Waals surface area contributed by atoms with Gasteiger partial charge in [0.1, 0.15) is 13.2 Å². The number of rotatable bonds is 5. The van der Waals surface area contributed by atoms with E-state index in [-0.39, 0.29) is 11.9 Å². The first kappa shape index (κ1) is 18.2. The minimum absolute atomic E-state index is 0.0570. The average Bonchev–Trinajstić information content (AvgIpc) is 2.62. The van der Waals surface area contributed by atoms with Crippen LogP contribution in [0, 0.1) is 0 Å². The Morgan fingerprint density at radius 2 is 1.88 bits per heavy atom. The van der Waals surface area contributed by atoms with Crippen molar-refractivity contribution < 1.29 is 14.3 Å². The van der Waals surface area contributed by atoms with Crippen LogP contribution in [0.25, 0.3) is 0 Å². The Hall–Kier alpha value is -1.56. The van der Waals surface area contributed by atoms with E-state index >= 15 is 0 Å². The van der Waals surface area contributed by atoms with Gasteiger partial charge in [-0.3, -0.25) is 4.79 Å². The van der Waals surface area contributed by atoms with Crippen LogP contribution in [0.3, 0.4) is 0 Å². The van der Waals surface area contributed by atoms with Gasteiger partial charge in [0.05, 0.1) is 21.8 Å². The van der Waals surface area contributed by atoms with Crippen molar-refractivity contribution in [2.75, 3.05) is 19.0 Å². The summed E-state index contributed by atoms with van der Waals surface area (Å²) in [5.41, 5.74) is 0.909. The Bertz CT molecular complexity index is 785. The van der Waals surface area contributed by atoms with Gasteiger partial charge in [-0.05, 0) is 42.8 Å². The number of amides is 1. The third kappa shape index (κ3) is 4.75. The first-order chi connectivity index (χ1) is 12.0.